The molecule has 3 N–H and O–H groups in total. The Labute approximate surface area is 206 Å². The molecule has 1 fully saturated rings. The number of aromatic nitrogens is 4. The Morgan fingerprint density at radius 1 is 1.19 bits per heavy atom. The number of rotatable bonds is 8. The van der Waals surface area contributed by atoms with Gasteiger partial charge >= 0.3 is 5.97 Å². The number of ether oxygens (including phenoxy) is 1. The number of anilines is 1. The van der Waals surface area contributed by atoms with Crippen LogP contribution in [0.3, 0.4) is 0 Å². The van der Waals surface area contributed by atoms with E-state index in [2.05, 4.69) is 25.6 Å². The molecule has 0 amide bonds. The second-order valence-electron chi connectivity index (χ2n) is 9.21. The highest BCUT2D eigenvalue weighted by atomic mass is 19.1. The summed E-state index contributed by atoms with van der Waals surface area (Å²) in [6, 6.07) is 5.57. The lowest BCUT2D eigenvalue weighted by molar-refractivity contribution is 0.0693. The molecule has 3 aromatic heterocycles. The highest BCUT2D eigenvalue weighted by Crippen LogP contribution is 2.33. The van der Waals surface area contributed by atoms with Crippen LogP contribution in [0, 0.1) is 12.7 Å². The number of halogens is 1. The molecule has 0 spiro atoms. The Morgan fingerprint density at radius 3 is 2.83 bits per heavy atom. The fraction of sp³-hybridized carbons (Fsp3) is 0.308. The molecule has 36 heavy (non-hydrogen) atoms. The Balaban J connectivity index is 1.41. The predicted octanol–water partition coefficient (Wildman–Crippen LogP) is 3.74. The molecule has 1 aliphatic carbocycles. The van der Waals surface area contributed by atoms with Gasteiger partial charge in [-0.15, -0.1) is 0 Å². The van der Waals surface area contributed by atoms with Crippen molar-refractivity contribution in [2.45, 2.75) is 45.3 Å². The number of hydrogen-bond acceptors (Lipinski definition) is 7. The van der Waals surface area contributed by atoms with E-state index in [0.717, 1.165) is 35.2 Å². The van der Waals surface area contributed by atoms with Crippen LogP contribution in [0.1, 0.15) is 45.7 Å². The Hall–Kier alpha value is -4.05. The van der Waals surface area contributed by atoms with Gasteiger partial charge in [0.1, 0.15) is 17.9 Å². The van der Waals surface area contributed by atoms with E-state index in [1.54, 1.807) is 22.9 Å². The number of carbonyl (C=O) groups is 1. The third kappa shape index (κ3) is 4.03. The number of carboxylic acids is 1. The van der Waals surface area contributed by atoms with Gasteiger partial charge in [-0.3, -0.25) is 9.38 Å². The zero-order valence-corrected chi connectivity index (χ0v) is 19.7. The summed E-state index contributed by atoms with van der Waals surface area (Å²) in [7, 11) is 0. The summed E-state index contributed by atoms with van der Waals surface area (Å²) < 4.78 is 21.8. The van der Waals surface area contributed by atoms with Crippen LogP contribution in [0.4, 0.5) is 10.3 Å². The van der Waals surface area contributed by atoms with Crippen LogP contribution in [0.25, 0.3) is 16.6 Å². The lowest BCUT2D eigenvalue weighted by Gasteiger charge is -2.15. The second-order valence-corrected chi connectivity index (χ2v) is 9.21. The molecule has 4 aromatic rings. The van der Waals surface area contributed by atoms with Crippen LogP contribution in [0.5, 0.6) is 5.75 Å². The van der Waals surface area contributed by atoms with Gasteiger partial charge in [-0.2, -0.15) is 0 Å². The van der Waals surface area contributed by atoms with E-state index in [0.29, 0.717) is 54.0 Å². The first-order chi connectivity index (χ1) is 17.5. The van der Waals surface area contributed by atoms with Gasteiger partial charge in [0.2, 0.25) is 5.95 Å². The third-order valence-corrected chi connectivity index (χ3v) is 6.71. The Kier molecular flexibility index (Phi) is 5.52. The van der Waals surface area contributed by atoms with Gasteiger partial charge in [-0.05, 0) is 43.5 Å². The molecule has 1 aromatic carbocycles. The van der Waals surface area contributed by atoms with Gasteiger partial charge < -0.3 is 20.5 Å². The van der Waals surface area contributed by atoms with Gasteiger partial charge in [0.15, 0.2) is 5.69 Å². The Morgan fingerprint density at radius 2 is 2.03 bits per heavy atom. The smallest absolute Gasteiger partial charge is 0.356 e. The maximum atomic E-state index is 14.6. The minimum Gasteiger partial charge on any atom is -0.493 e. The summed E-state index contributed by atoms with van der Waals surface area (Å²) >= 11 is 0. The van der Waals surface area contributed by atoms with Gasteiger partial charge in [0, 0.05) is 65.9 Å². The van der Waals surface area contributed by atoms with Crippen LogP contribution < -0.4 is 15.4 Å². The third-order valence-electron chi connectivity index (χ3n) is 6.71. The predicted molar refractivity (Wildman–Crippen MR) is 131 cm³/mol. The first-order valence-electron chi connectivity index (χ1n) is 11.9. The zero-order valence-electron chi connectivity index (χ0n) is 19.7. The van der Waals surface area contributed by atoms with E-state index in [4.69, 9.17) is 4.74 Å². The number of nitrogens with zero attached hydrogens (tertiary/aromatic N) is 4. The van der Waals surface area contributed by atoms with E-state index in [-0.39, 0.29) is 18.1 Å². The van der Waals surface area contributed by atoms with Crippen LogP contribution in [0.15, 0.2) is 36.9 Å². The lowest BCUT2D eigenvalue weighted by Crippen LogP contribution is -2.16. The molecule has 0 bridgehead atoms. The first kappa shape index (κ1) is 22.4. The fourth-order valence-corrected chi connectivity index (χ4v) is 4.72. The molecule has 184 valence electrons. The molecule has 0 atom stereocenters. The maximum absolute atomic E-state index is 14.6. The van der Waals surface area contributed by atoms with Crippen LogP contribution >= 0.6 is 0 Å². The molecule has 2 aliphatic rings. The second kappa shape index (κ2) is 8.87. The summed E-state index contributed by atoms with van der Waals surface area (Å²) in [5, 5.41) is 16.6. The molecule has 0 radical (unpaired) electrons. The summed E-state index contributed by atoms with van der Waals surface area (Å²) in [4.78, 5) is 25.3. The monoisotopic (exact) mass is 488 g/mol. The van der Waals surface area contributed by atoms with E-state index in [1.807, 2.05) is 13.0 Å². The lowest BCUT2D eigenvalue weighted by atomic mass is 10.0. The molecular formula is C26H25FN6O3. The van der Waals surface area contributed by atoms with E-state index < -0.39 is 5.97 Å². The quantitative estimate of drug-likeness (QED) is 0.344. The number of carboxylic acid groups (broad SMARTS) is 1. The average molecular weight is 489 g/mol. The molecule has 1 saturated carbocycles. The molecule has 0 unspecified atom stereocenters. The molecule has 1 aliphatic heterocycles. The topological polar surface area (TPSA) is 114 Å². The van der Waals surface area contributed by atoms with Crippen molar-refractivity contribution in [3.05, 3.63) is 70.8 Å². The molecule has 10 heteroatoms. The van der Waals surface area contributed by atoms with Crippen LogP contribution in [0.2, 0.25) is 0 Å². The summed E-state index contributed by atoms with van der Waals surface area (Å²) in [5.41, 5.74) is 4.98. The number of benzene rings is 1. The largest absolute Gasteiger partial charge is 0.493 e. The van der Waals surface area contributed by atoms with Gasteiger partial charge in [0.25, 0.3) is 0 Å². The first-order valence-corrected chi connectivity index (χ1v) is 11.9. The number of aryl methyl sites for hydroxylation is 1. The summed E-state index contributed by atoms with van der Waals surface area (Å²) in [5.74, 6) is -0.410. The SMILES string of the molecule is Cc1cc(CNC2CC2)c(-c2cnc(NCc3c(F)ccc4c3CCO4)n3cnc(C(=O)O)c23)cn1. The minimum atomic E-state index is -1.14. The molecule has 6 rings (SSSR count). The van der Waals surface area contributed by atoms with Gasteiger partial charge in [-0.25, -0.2) is 19.2 Å². The zero-order chi connectivity index (χ0) is 24.8. The van der Waals surface area contributed by atoms with Crippen molar-refractivity contribution in [1.82, 2.24) is 24.7 Å². The number of hydrogen-bond donors (Lipinski definition) is 3. The molecule has 4 heterocycles. The van der Waals surface area contributed by atoms with Gasteiger partial charge in [-0.1, -0.05) is 0 Å². The number of aromatic carboxylic acids is 1. The molecule has 9 nitrogen and oxygen atoms in total. The van der Waals surface area contributed by atoms with Crippen molar-refractivity contribution in [2.75, 3.05) is 11.9 Å². The van der Waals surface area contributed by atoms with Crippen molar-refractivity contribution in [1.29, 1.82) is 0 Å². The van der Waals surface area contributed by atoms with E-state index in [1.165, 1.54) is 12.4 Å². The Bertz CT molecular complexity index is 1500. The maximum Gasteiger partial charge on any atom is 0.356 e. The standard InChI is InChI=1S/C26H25FN6O3/c1-14-8-15(9-29-16-2-3-16)18(10-28-14)20-12-31-26(33-13-32-23(24(20)33)25(34)35)30-11-19-17-6-7-36-22(17)5-4-21(19)27/h4-5,8,10,12-13,16,29H,2-3,6-7,9,11H2,1H3,(H,30,31)(H,34,35). The highest BCUT2D eigenvalue weighted by molar-refractivity contribution is 5.99. The van der Waals surface area contributed by atoms with Crippen molar-refractivity contribution < 1.29 is 19.0 Å². The van der Waals surface area contributed by atoms with Crippen LogP contribution in [-0.4, -0.2) is 43.1 Å². The number of imidazole rings is 1. The minimum absolute atomic E-state index is 0.0858. The fourth-order valence-electron chi connectivity index (χ4n) is 4.72. The van der Waals surface area contributed by atoms with Crippen molar-refractivity contribution in [2.24, 2.45) is 0 Å². The van der Waals surface area contributed by atoms with Crippen molar-refractivity contribution >= 4 is 17.4 Å². The van der Waals surface area contributed by atoms with Crippen molar-refractivity contribution in [3.63, 3.8) is 0 Å². The summed E-state index contributed by atoms with van der Waals surface area (Å²) in [6.07, 6.45) is 7.77. The number of pyridine rings is 1. The summed E-state index contributed by atoms with van der Waals surface area (Å²) in [6.45, 7) is 3.27. The van der Waals surface area contributed by atoms with Gasteiger partial charge in [0.05, 0.1) is 12.1 Å². The number of nitrogens with one attached hydrogen (secondary N) is 2. The van der Waals surface area contributed by atoms with E-state index >= 15 is 0 Å². The molecular weight excluding hydrogens is 463 g/mol. The average Bonchev–Trinajstić information content (AvgIpc) is 3.37. The normalized spacial score (nSPS) is 14.6. The highest BCUT2D eigenvalue weighted by Gasteiger charge is 2.24. The number of fused-ring (bicyclic) bond motifs is 2. The molecule has 0 saturated heterocycles. The van der Waals surface area contributed by atoms with E-state index in [9.17, 15) is 14.3 Å². The van der Waals surface area contributed by atoms with Crippen molar-refractivity contribution in [3.8, 4) is 16.9 Å². The van der Waals surface area contributed by atoms with Crippen LogP contribution in [-0.2, 0) is 19.5 Å².